The molecule has 4 rings (SSSR count). The van der Waals surface area contributed by atoms with Crippen LogP contribution in [-0.4, -0.2) is 82.2 Å². The van der Waals surface area contributed by atoms with Gasteiger partial charge in [0.1, 0.15) is 11.6 Å². The van der Waals surface area contributed by atoms with Crippen LogP contribution in [0.3, 0.4) is 0 Å². The summed E-state index contributed by atoms with van der Waals surface area (Å²) in [7, 11) is 0. The van der Waals surface area contributed by atoms with E-state index in [2.05, 4.69) is 13.2 Å². The van der Waals surface area contributed by atoms with Crippen LogP contribution in [0.15, 0.2) is 43.5 Å². The van der Waals surface area contributed by atoms with Gasteiger partial charge in [-0.15, -0.1) is 13.2 Å². The second-order valence-electron chi connectivity index (χ2n) is 11.7. The van der Waals surface area contributed by atoms with Crippen molar-refractivity contribution in [2.24, 2.45) is 11.8 Å². The molecule has 8 heteroatoms. The second-order valence-corrected chi connectivity index (χ2v) is 11.7. The first-order valence-electron chi connectivity index (χ1n) is 14.6. The number of likely N-dealkylation sites (tertiary alicyclic amines) is 1. The first-order chi connectivity index (χ1) is 19.1. The largest absolute Gasteiger partial charge is 0.394 e. The van der Waals surface area contributed by atoms with E-state index in [1.807, 2.05) is 45.9 Å². The third-order valence-electron chi connectivity index (χ3n) is 9.30. The molecule has 6 atom stereocenters. The molecule has 1 N–H and O–H groups in total. The molecule has 1 spiro atoms. The maximum Gasteiger partial charge on any atom is 0.253 e. The second kappa shape index (κ2) is 11.5. The molecule has 3 fully saturated rings. The molecule has 3 aliphatic rings. The minimum atomic E-state index is -1.16. The normalized spacial score (nSPS) is 29.3. The van der Waals surface area contributed by atoms with Crippen molar-refractivity contribution >= 4 is 23.4 Å². The lowest BCUT2D eigenvalue weighted by Crippen LogP contribution is -2.58. The molecule has 3 aliphatic heterocycles. The molecule has 3 heterocycles. The van der Waals surface area contributed by atoms with Crippen molar-refractivity contribution < 1.29 is 24.2 Å². The number of aliphatic hydroxyl groups is 1. The van der Waals surface area contributed by atoms with Crippen molar-refractivity contribution in [2.75, 3.05) is 31.1 Å². The Morgan fingerprint density at radius 1 is 1.15 bits per heavy atom. The van der Waals surface area contributed by atoms with E-state index in [9.17, 15) is 19.5 Å². The molecule has 218 valence electrons. The van der Waals surface area contributed by atoms with Crippen LogP contribution in [0.4, 0.5) is 5.69 Å². The van der Waals surface area contributed by atoms with Crippen LogP contribution < -0.4 is 4.90 Å². The number of fused-ring (bicyclic) bond motifs is 1. The van der Waals surface area contributed by atoms with E-state index in [1.165, 1.54) is 4.90 Å². The number of ether oxygens (including phenoxy) is 1. The lowest BCUT2D eigenvalue weighted by Gasteiger charge is -2.39. The number of carbonyl (C=O) groups is 3. The van der Waals surface area contributed by atoms with Crippen molar-refractivity contribution in [3.63, 3.8) is 0 Å². The topological polar surface area (TPSA) is 90.4 Å². The summed E-state index contributed by atoms with van der Waals surface area (Å²) in [4.78, 5) is 48.3. The highest BCUT2D eigenvalue weighted by Crippen LogP contribution is 2.65. The summed E-state index contributed by atoms with van der Waals surface area (Å²) in [6.45, 7) is 18.3. The zero-order chi connectivity index (χ0) is 29.4. The summed E-state index contributed by atoms with van der Waals surface area (Å²) in [5.74, 6) is -2.19. The third kappa shape index (κ3) is 4.40. The Labute approximate surface area is 238 Å². The van der Waals surface area contributed by atoms with Gasteiger partial charge in [-0.05, 0) is 57.6 Å². The lowest BCUT2D eigenvalue weighted by atomic mass is 9.64. The first-order valence-corrected chi connectivity index (χ1v) is 14.6. The standard InChI is InChI=1S/C32H45N3O5/c1-8-17-33(18-9-2)28(37)24-25-29(38)35(23(7)20-36)27(32(25)16-15-31(24,11-4)40-32)30(39)34(19-10-3)26-21(5)13-12-14-22(26)6/h8,10,12-14,23-25,27,36H,1,3,9,11,15-20H2,2,4-7H3/t23-,24+,25+,27?,31-,32?/m1/s1. The fraction of sp³-hybridized carbons (Fsp3) is 0.594. The molecule has 3 saturated heterocycles. The maximum absolute atomic E-state index is 14.8. The Morgan fingerprint density at radius 2 is 1.80 bits per heavy atom. The van der Waals surface area contributed by atoms with E-state index < -0.39 is 35.1 Å². The van der Waals surface area contributed by atoms with E-state index in [-0.39, 0.29) is 30.9 Å². The van der Waals surface area contributed by atoms with Gasteiger partial charge in [0.2, 0.25) is 11.8 Å². The van der Waals surface area contributed by atoms with Crippen LogP contribution in [0.25, 0.3) is 0 Å². The van der Waals surface area contributed by atoms with Crippen LogP contribution in [0.5, 0.6) is 0 Å². The lowest BCUT2D eigenvalue weighted by molar-refractivity contribution is -0.153. The molecule has 2 bridgehead atoms. The third-order valence-corrected chi connectivity index (χ3v) is 9.30. The number of nitrogens with zero attached hydrogens (tertiary/aromatic N) is 3. The highest BCUT2D eigenvalue weighted by molar-refractivity contribution is 6.06. The van der Waals surface area contributed by atoms with E-state index in [0.717, 1.165) is 23.2 Å². The van der Waals surface area contributed by atoms with Crippen LogP contribution in [0, 0.1) is 25.7 Å². The van der Waals surface area contributed by atoms with Crippen molar-refractivity contribution in [1.82, 2.24) is 9.80 Å². The molecule has 0 aromatic heterocycles. The summed E-state index contributed by atoms with van der Waals surface area (Å²) >= 11 is 0. The highest BCUT2D eigenvalue weighted by atomic mass is 16.5. The summed E-state index contributed by atoms with van der Waals surface area (Å²) in [5, 5.41) is 10.2. The van der Waals surface area contributed by atoms with Gasteiger partial charge >= 0.3 is 0 Å². The molecular weight excluding hydrogens is 506 g/mol. The van der Waals surface area contributed by atoms with Crippen LogP contribution >= 0.6 is 0 Å². The smallest absolute Gasteiger partial charge is 0.253 e. The molecule has 1 aromatic rings. The van der Waals surface area contributed by atoms with Crippen molar-refractivity contribution in [1.29, 1.82) is 0 Å². The number of hydrogen-bond donors (Lipinski definition) is 1. The number of hydrogen-bond acceptors (Lipinski definition) is 5. The molecule has 8 nitrogen and oxygen atoms in total. The zero-order valence-electron chi connectivity index (χ0n) is 24.7. The van der Waals surface area contributed by atoms with E-state index in [4.69, 9.17) is 4.74 Å². The van der Waals surface area contributed by atoms with Gasteiger partial charge in [0.05, 0.1) is 30.1 Å². The Balaban J connectivity index is 1.87. The van der Waals surface area contributed by atoms with Crippen LogP contribution in [0.2, 0.25) is 0 Å². The van der Waals surface area contributed by atoms with Gasteiger partial charge in [-0.25, -0.2) is 0 Å². The van der Waals surface area contributed by atoms with Gasteiger partial charge in [-0.1, -0.05) is 44.2 Å². The number of aryl methyl sites for hydroxylation is 2. The number of amides is 3. The fourth-order valence-corrected chi connectivity index (χ4v) is 7.59. The minimum Gasteiger partial charge on any atom is -0.394 e. The Hall–Kier alpha value is -2.97. The molecular formula is C32H45N3O5. The number of benzene rings is 1. The Kier molecular flexibility index (Phi) is 8.62. The molecule has 40 heavy (non-hydrogen) atoms. The van der Waals surface area contributed by atoms with Gasteiger partial charge in [-0.2, -0.15) is 0 Å². The number of anilines is 1. The number of aliphatic hydroxyl groups excluding tert-OH is 1. The maximum atomic E-state index is 14.8. The Bertz CT molecular complexity index is 1160. The molecule has 0 saturated carbocycles. The van der Waals surface area contributed by atoms with Gasteiger partial charge in [-0.3, -0.25) is 14.4 Å². The zero-order valence-corrected chi connectivity index (χ0v) is 24.7. The summed E-state index contributed by atoms with van der Waals surface area (Å²) in [6, 6.07) is 4.27. The molecule has 1 aromatic carbocycles. The molecule has 3 amide bonds. The average molecular weight is 552 g/mol. The summed E-state index contributed by atoms with van der Waals surface area (Å²) < 4.78 is 6.92. The van der Waals surface area contributed by atoms with Gasteiger partial charge in [0.15, 0.2) is 0 Å². The minimum absolute atomic E-state index is 0.120. The van der Waals surface area contributed by atoms with Crippen LogP contribution in [0.1, 0.15) is 57.6 Å². The van der Waals surface area contributed by atoms with Crippen LogP contribution in [-0.2, 0) is 19.1 Å². The summed E-state index contributed by atoms with van der Waals surface area (Å²) in [5.41, 5.74) is 0.673. The van der Waals surface area contributed by atoms with Crippen molar-refractivity contribution in [3.8, 4) is 0 Å². The van der Waals surface area contributed by atoms with Gasteiger partial charge < -0.3 is 24.5 Å². The van der Waals surface area contributed by atoms with E-state index >= 15 is 0 Å². The molecule has 0 radical (unpaired) electrons. The van der Waals surface area contributed by atoms with Crippen molar-refractivity contribution in [3.05, 3.63) is 54.6 Å². The van der Waals surface area contributed by atoms with Gasteiger partial charge in [0.25, 0.3) is 5.91 Å². The SMILES string of the molecule is C=CCN(CCC)C(=O)[C@@H]1[C@H]2C(=O)N([C@H](C)CO)C(C(=O)N(CC=C)c3c(C)cccc3C)C23CC[C@@]1(CC)O3. The Morgan fingerprint density at radius 3 is 2.35 bits per heavy atom. The number of carbonyl (C=O) groups excluding carboxylic acids is 3. The fourth-order valence-electron chi connectivity index (χ4n) is 7.59. The molecule has 0 aliphatic carbocycles. The van der Waals surface area contributed by atoms with Gasteiger partial charge in [0, 0.05) is 25.3 Å². The first kappa shape index (κ1) is 30.0. The van der Waals surface area contributed by atoms with E-state index in [0.29, 0.717) is 32.4 Å². The summed E-state index contributed by atoms with van der Waals surface area (Å²) in [6.07, 6.45) is 5.81. The van der Waals surface area contributed by atoms with E-state index in [1.54, 1.807) is 28.9 Å². The predicted molar refractivity (Wildman–Crippen MR) is 156 cm³/mol. The molecule has 2 unspecified atom stereocenters. The number of para-hydroxylation sites is 1. The quantitative estimate of drug-likeness (QED) is 0.400. The number of rotatable bonds is 12. The van der Waals surface area contributed by atoms with Crippen molar-refractivity contribution in [2.45, 2.75) is 83.6 Å². The highest BCUT2D eigenvalue weighted by Gasteiger charge is 2.79. The average Bonchev–Trinajstić information content (AvgIpc) is 3.54. The predicted octanol–water partition coefficient (Wildman–Crippen LogP) is 3.78. The monoisotopic (exact) mass is 551 g/mol.